The van der Waals surface area contributed by atoms with Gasteiger partial charge >= 0.3 is 0 Å². The van der Waals surface area contributed by atoms with Crippen LogP contribution < -0.4 is 15.1 Å². The van der Waals surface area contributed by atoms with E-state index in [1.165, 1.54) is 0 Å². The average Bonchev–Trinajstić information content (AvgIpc) is 2.38. The molecule has 1 aliphatic heterocycles. The van der Waals surface area contributed by atoms with Crippen LogP contribution in [0.4, 0.5) is 11.9 Å². The van der Waals surface area contributed by atoms with E-state index in [-0.39, 0.29) is 17.2 Å². The molecule has 1 N–H and O–H groups in total. The first-order chi connectivity index (χ1) is 9.45. The molecule has 2 rings (SSSR count). The normalized spacial score (nSPS) is 16.1. The van der Waals surface area contributed by atoms with Crippen LogP contribution in [0.25, 0.3) is 0 Å². The molecule has 0 unspecified atom stereocenters. The predicted octanol–water partition coefficient (Wildman–Crippen LogP) is 0.696. The number of anilines is 2. The highest BCUT2D eigenvalue weighted by molar-refractivity contribution is 6.28. The highest BCUT2D eigenvalue weighted by Crippen LogP contribution is 2.19. The Morgan fingerprint density at radius 1 is 1.30 bits per heavy atom. The maximum Gasteiger partial charge on any atom is 0.231 e. The zero-order valence-corrected chi connectivity index (χ0v) is 12.7. The number of hydrogen-bond acceptors (Lipinski definition) is 6. The van der Waals surface area contributed by atoms with Crippen molar-refractivity contribution in [2.45, 2.75) is 25.8 Å². The van der Waals surface area contributed by atoms with Gasteiger partial charge in [0, 0.05) is 40.2 Å². The van der Waals surface area contributed by atoms with Crippen LogP contribution in [0.1, 0.15) is 19.8 Å². The van der Waals surface area contributed by atoms with Gasteiger partial charge in [-0.15, -0.1) is 0 Å². The molecule has 1 fully saturated rings. The molecule has 1 aliphatic rings. The molecule has 0 aromatic carbocycles. The van der Waals surface area contributed by atoms with E-state index in [9.17, 15) is 4.79 Å². The minimum atomic E-state index is 0.0153. The molecule has 7 nitrogen and oxygen atoms in total. The summed E-state index contributed by atoms with van der Waals surface area (Å²) >= 11 is 5.94. The number of amides is 1. The standard InChI is InChI=1S/C12H19ClN6O/c1-8(20)14-9-4-6-19(7-5-9)12-16-10(13)15-11(17-12)18(2)3/h9H,4-7H2,1-3H3,(H,14,20). The summed E-state index contributed by atoms with van der Waals surface area (Å²) in [4.78, 5) is 27.6. The molecule has 110 valence electrons. The minimum absolute atomic E-state index is 0.0153. The molecular weight excluding hydrogens is 280 g/mol. The maximum atomic E-state index is 11.0. The van der Waals surface area contributed by atoms with Crippen molar-refractivity contribution in [2.75, 3.05) is 37.0 Å². The predicted molar refractivity (Wildman–Crippen MR) is 78.2 cm³/mol. The number of nitrogens with one attached hydrogen (secondary N) is 1. The molecule has 0 spiro atoms. The number of piperidine rings is 1. The lowest BCUT2D eigenvalue weighted by Crippen LogP contribution is -2.44. The van der Waals surface area contributed by atoms with Crippen LogP contribution in [0.5, 0.6) is 0 Å². The molecule has 8 heteroatoms. The van der Waals surface area contributed by atoms with E-state index < -0.39 is 0 Å². The van der Waals surface area contributed by atoms with Gasteiger partial charge in [0.15, 0.2) is 0 Å². The quantitative estimate of drug-likeness (QED) is 0.885. The fourth-order valence-corrected chi connectivity index (χ4v) is 2.33. The molecule has 0 aliphatic carbocycles. The van der Waals surface area contributed by atoms with E-state index in [2.05, 4.69) is 25.2 Å². The summed E-state index contributed by atoms with van der Waals surface area (Å²) in [5.74, 6) is 1.15. The van der Waals surface area contributed by atoms with Gasteiger partial charge in [-0.1, -0.05) is 0 Å². The molecule has 0 radical (unpaired) electrons. The third-order valence-corrected chi connectivity index (χ3v) is 3.34. The van der Waals surface area contributed by atoms with Crippen LogP contribution in [0.15, 0.2) is 0 Å². The third-order valence-electron chi connectivity index (χ3n) is 3.17. The molecule has 1 aromatic rings. The number of halogens is 1. The number of hydrogen-bond donors (Lipinski definition) is 1. The summed E-state index contributed by atoms with van der Waals surface area (Å²) in [6.07, 6.45) is 1.75. The molecule has 1 saturated heterocycles. The summed E-state index contributed by atoms with van der Waals surface area (Å²) in [5, 5.41) is 3.14. The summed E-state index contributed by atoms with van der Waals surface area (Å²) in [5.41, 5.74) is 0. The van der Waals surface area contributed by atoms with Crippen LogP contribution in [0.2, 0.25) is 5.28 Å². The molecule has 1 amide bonds. The van der Waals surface area contributed by atoms with Gasteiger partial charge < -0.3 is 15.1 Å². The van der Waals surface area contributed by atoms with E-state index in [4.69, 9.17) is 11.6 Å². The van der Waals surface area contributed by atoms with Crippen molar-refractivity contribution in [1.29, 1.82) is 0 Å². The zero-order chi connectivity index (χ0) is 14.7. The molecule has 0 saturated carbocycles. The monoisotopic (exact) mass is 298 g/mol. The van der Waals surface area contributed by atoms with Gasteiger partial charge in [-0.25, -0.2) is 0 Å². The fourth-order valence-electron chi connectivity index (χ4n) is 2.18. The largest absolute Gasteiger partial charge is 0.353 e. The number of nitrogens with zero attached hydrogens (tertiary/aromatic N) is 5. The second-order valence-corrected chi connectivity index (χ2v) is 5.40. The molecule has 0 bridgehead atoms. The van der Waals surface area contributed by atoms with E-state index in [1.54, 1.807) is 11.8 Å². The van der Waals surface area contributed by atoms with Gasteiger partial charge in [0.1, 0.15) is 0 Å². The fraction of sp³-hybridized carbons (Fsp3) is 0.667. The smallest absolute Gasteiger partial charge is 0.231 e. The number of carbonyl (C=O) groups is 1. The van der Waals surface area contributed by atoms with Crippen molar-refractivity contribution in [2.24, 2.45) is 0 Å². The van der Waals surface area contributed by atoms with Crippen molar-refractivity contribution < 1.29 is 4.79 Å². The van der Waals surface area contributed by atoms with E-state index in [0.717, 1.165) is 25.9 Å². The Bertz CT molecular complexity index is 487. The van der Waals surface area contributed by atoms with Crippen LogP contribution in [-0.4, -0.2) is 54.1 Å². The highest BCUT2D eigenvalue weighted by atomic mass is 35.5. The SMILES string of the molecule is CC(=O)NC1CCN(c2nc(Cl)nc(N(C)C)n2)CC1. The Hall–Kier alpha value is -1.63. The Labute approximate surface area is 123 Å². The third kappa shape index (κ3) is 3.69. The zero-order valence-electron chi connectivity index (χ0n) is 11.9. The average molecular weight is 299 g/mol. The van der Waals surface area contributed by atoms with Crippen LogP contribution in [0, 0.1) is 0 Å². The highest BCUT2D eigenvalue weighted by Gasteiger charge is 2.22. The minimum Gasteiger partial charge on any atom is -0.353 e. The Kier molecular flexibility index (Phi) is 4.59. The van der Waals surface area contributed by atoms with Gasteiger partial charge in [-0.2, -0.15) is 15.0 Å². The summed E-state index contributed by atoms with van der Waals surface area (Å²) in [6.45, 7) is 3.12. The van der Waals surface area contributed by atoms with E-state index in [1.807, 2.05) is 14.1 Å². The van der Waals surface area contributed by atoms with E-state index in [0.29, 0.717) is 11.9 Å². The lowest BCUT2D eigenvalue weighted by atomic mass is 10.1. The molecule has 2 heterocycles. The Balaban J connectivity index is 2.05. The van der Waals surface area contributed by atoms with Crippen molar-refractivity contribution in [3.8, 4) is 0 Å². The number of rotatable bonds is 3. The van der Waals surface area contributed by atoms with Crippen molar-refractivity contribution in [3.05, 3.63) is 5.28 Å². The molecule has 20 heavy (non-hydrogen) atoms. The summed E-state index contributed by atoms with van der Waals surface area (Å²) in [7, 11) is 3.72. The van der Waals surface area contributed by atoms with Gasteiger partial charge in [-0.3, -0.25) is 4.79 Å². The maximum absolute atomic E-state index is 11.0. The lowest BCUT2D eigenvalue weighted by Gasteiger charge is -2.32. The second-order valence-electron chi connectivity index (χ2n) is 5.06. The Morgan fingerprint density at radius 3 is 2.50 bits per heavy atom. The van der Waals surface area contributed by atoms with Gasteiger partial charge in [0.25, 0.3) is 0 Å². The summed E-state index contributed by atoms with van der Waals surface area (Å²) in [6, 6.07) is 0.231. The topological polar surface area (TPSA) is 74.2 Å². The molecule has 0 atom stereocenters. The van der Waals surface area contributed by atoms with Crippen molar-refractivity contribution >= 4 is 29.4 Å². The Morgan fingerprint density at radius 2 is 1.95 bits per heavy atom. The first-order valence-electron chi connectivity index (χ1n) is 6.56. The van der Waals surface area contributed by atoms with Crippen LogP contribution in [0.3, 0.4) is 0 Å². The van der Waals surface area contributed by atoms with E-state index >= 15 is 0 Å². The second kappa shape index (κ2) is 6.21. The van der Waals surface area contributed by atoms with Crippen LogP contribution in [-0.2, 0) is 4.79 Å². The van der Waals surface area contributed by atoms with Gasteiger partial charge in [0.05, 0.1) is 0 Å². The van der Waals surface area contributed by atoms with Crippen molar-refractivity contribution in [3.63, 3.8) is 0 Å². The van der Waals surface area contributed by atoms with Crippen LogP contribution >= 0.6 is 11.6 Å². The van der Waals surface area contributed by atoms with Gasteiger partial charge in [0.2, 0.25) is 23.1 Å². The number of aromatic nitrogens is 3. The molecular formula is C12H19ClN6O. The molecule has 1 aromatic heterocycles. The van der Waals surface area contributed by atoms with Crippen molar-refractivity contribution in [1.82, 2.24) is 20.3 Å². The number of carbonyl (C=O) groups excluding carboxylic acids is 1. The first kappa shape index (κ1) is 14.8. The van der Waals surface area contributed by atoms with Gasteiger partial charge in [-0.05, 0) is 24.4 Å². The first-order valence-corrected chi connectivity index (χ1v) is 6.94. The lowest BCUT2D eigenvalue weighted by molar-refractivity contribution is -0.119. The summed E-state index contributed by atoms with van der Waals surface area (Å²) < 4.78 is 0.